The predicted molar refractivity (Wildman–Crippen MR) is 157 cm³/mol. The van der Waals surface area contributed by atoms with Crippen LogP contribution in [0.3, 0.4) is 0 Å². The van der Waals surface area contributed by atoms with Crippen LogP contribution in [0.2, 0.25) is 0 Å². The highest BCUT2D eigenvalue weighted by atomic mass is 16.4. The molecule has 5 aromatic carbocycles. The van der Waals surface area contributed by atoms with Crippen LogP contribution in [0.5, 0.6) is 0 Å². The molecule has 39 heavy (non-hydrogen) atoms. The standard InChI is InChI=1S/C33H24BN3O2/c38-34(39)30-21-19-29(20-22-30)33-36-31(27-15-11-25(12-16-27)23-7-3-1-4-8-23)35-32(37-33)28-17-13-26(14-18-28)24-9-5-2-6-10-24/h1-22,38-39H. The molecule has 1 heterocycles. The first-order valence-electron chi connectivity index (χ1n) is 12.7. The van der Waals surface area contributed by atoms with Crippen LogP contribution in [0.4, 0.5) is 0 Å². The van der Waals surface area contributed by atoms with E-state index in [1.807, 2.05) is 60.7 Å². The molecule has 0 aliphatic rings. The van der Waals surface area contributed by atoms with Crippen molar-refractivity contribution in [2.45, 2.75) is 0 Å². The second-order valence-corrected chi connectivity index (χ2v) is 9.19. The summed E-state index contributed by atoms with van der Waals surface area (Å²) in [6.45, 7) is 0. The maximum absolute atomic E-state index is 9.49. The molecule has 2 N–H and O–H groups in total. The fourth-order valence-corrected chi connectivity index (χ4v) is 4.45. The van der Waals surface area contributed by atoms with E-state index in [9.17, 15) is 10.0 Å². The van der Waals surface area contributed by atoms with Crippen LogP contribution in [0.15, 0.2) is 133 Å². The van der Waals surface area contributed by atoms with Gasteiger partial charge in [0, 0.05) is 16.7 Å². The molecule has 0 spiro atoms. The van der Waals surface area contributed by atoms with Crippen LogP contribution in [-0.2, 0) is 0 Å². The number of benzene rings is 5. The van der Waals surface area contributed by atoms with Gasteiger partial charge in [-0.2, -0.15) is 0 Å². The highest BCUT2D eigenvalue weighted by molar-refractivity contribution is 6.58. The van der Waals surface area contributed by atoms with Gasteiger partial charge in [-0.3, -0.25) is 0 Å². The van der Waals surface area contributed by atoms with Gasteiger partial charge in [0.2, 0.25) is 0 Å². The largest absolute Gasteiger partial charge is 0.488 e. The van der Waals surface area contributed by atoms with Crippen molar-refractivity contribution in [3.05, 3.63) is 133 Å². The minimum atomic E-state index is -1.53. The van der Waals surface area contributed by atoms with Crippen molar-refractivity contribution in [3.8, 4) is 56.4 Å². The summed E-state index contributed by atoms with van der Waals surface area (Å²) in [6, 6.07) is 43.7. The van der Waals surface area contributed by atoms with Crippen molar-refractivity contribution < 1.29 is 10.0 Å². The van der Waals surface area contributed by atoms with Crippen LogP contribution in [0.25, 0.3) is 56.4 Å². The van der Waals surface area contributed by atoms with E-state index >= 15 is 0 Å². The molecule has 0 aliphatic carbocycles. The van der Waals surface area contributed by atoms with Crippen LogP contribution in [-0.4, -0.2) is 32.1 Å². The molecule has 186 valence electrons. The van der Waals surface area contributed by atoms with E-state index in [1.165, 1.54) is 0 Å². The number of hydrogen-bond donors (Lipinski definition) is 2. The molecular weight excluding hydrogens is 481 g/mol. The smallest absolute Gasteiger partial charge is 0.423 e. The molecule has 0 saturated heterocycles. The lowest BCUT2D eigenvalue weighted by Crippen LogP contribution is -2.29. The fourth-order valence-electron chi connectivity index (χ4n) is 4.45. The summed E-state index contributed by atoms with van der Waals surface area (Å²) in [6.07, 6.45) is 0. The Morgan fingerprint density at radius 2 is 0.615 bits per heavy atom. The summed E-state index contributed by atoms with van der Waals surface area (Å²) in [5, 5.41) is 19.0. The summed E-state index contributed by atoms with van der Waals surface area (Å²) >= 11 is 0. The van der Waals surface area contributed by atoms with E-state index in [1.54, 1.807) is 24.3 Å². The molecule has 0 saturated carbocycles. The van der Waals surface area contributed by atoms with Gasteiger partial charge in [0.1, 0.15) is 0 Å². The fraction of sp³-hybridized carbons (Fsp3) is 0. The van der Waals surface area contributed by atoms with Gasteiger partial charge >= 0.3 is 7.12 Å². The number of hydrogen-bond acceptors (Lipinski definition) is 5. The van der Waals surface area contributed by atoms with Crippen molar-refractivity contribution in [2.75, 3.05) is 0 Å². The molecule has 0 radical (unpaired) electrons. The van der Waals surface area contributed by atoms with Gasteiger partial charge in [0.25, 0.3) is 0 Å². The van der Waals surface area contributed by atoms with E-state index in [2.05, 4.69) is 48.5 Å². The first kappa shape index (κ1) is 24.4. The van der Waals surface area contributed by atoms with Crippen LogP contribution in [0.1, 0.15) is 0 Å². The van der Waals surface area contributed by atoms with Gasteiger partial charge in [0.15, 0.2) is 17.5 Å². The Morgan fingerprint density at radius 3 is 0.949 bits per heavy atom. The molecule has 0 amide bonds. The Kier molecular flexibility index (Phi) is 6.79. The van der Waals surface area contributed by atoms with Gasteiger partial charge in [0.05, 0.1) is 0 Å². The average Bonchev–Trinajstić information content (AvgIpc) is 3.02. The lowest BCUT2D eigenvalue weighted by Gasteiger charge is -2.10. The van der Waals surface area contributed by atoms with Gasteiger partial charge in [-0.05, 0) is 27.7 Å². The molecular formula is C33H24BN3O2. The van der Waals surface area contributed by atoms with Crippen LogP contribution < -0.4 is 5.46 Å². The molecule has 0 atom stereocenters. The second-order valence-electron chi connectivity index (χ2n) is 9.19. The van der Waals surface area contributed by atoms with Gasteiger partial charge < -0.3 is 10.0 Å². The number of nitrogens with zero attached hydrogens (tertiary/aromatic N) is 3. The predicted octanol–water partition coefficient (Wildman–Crippen LogP) is 5.89. The lowest BCUT2D eigenvalue weighted by molar-refractivity contribution is 0.426. The van der Waals surface area contributed by atoms with Crippen LogP contribution in [0, 0.1) is 0 Å². The molecule has 6 aromatic rings. The Morgan fingerprint density at radius 1 is 0.333 bits per heavy atom. The normalized spacial score (nSPS) is 10.8. The van der Waals surface area contributed by atoms with Crippen molar-refractivity contribution in [1.82, 2.24) is 15.0 Å². The molecule has 6 rings (SSSR count). The van der Waals surface area contributed by atoms with Crippen molar-refractivity contribution in [3.63, 3.8) is 0 Å². The quantitative estimate of drug-likeness (QED) is 0.276. The molecule has 0 aliphatic heterocycles. The Labute approximate surface area is 227 Å². The summed E-state index contributed by atoms with van der Waals surface area (Å²) in [4.78, 5) is 14.4. The maximum atomic E-state index is 9.49. The number of rotatable bonds is 6. The summed E-state index contributed by atoms with van der Waals surface area (Å²) < 4.78 is 0. The summed E-state index contributed by atoms with van der Waals surface area (Å²) in [5.74, 6) is 1.63. The molecule has 1 aromatic heterocycles. The van der Waals surface area contributed by atoms with Crippen molar-refractivity contribution in [1.29, 1.82) is 0 Å². The number of aromatic nitrogens is 3. The van der Waals surface area contributed by atoms with E-state index in [-0.39, 0.29) is 0 Å². The molecule has 0 unspecified atom stereocenters. The average molecular weight is 505 g/mol. The van der Waals surface area contributed by atoms with Crippen LogP contribution >= 0.6 is 0 Å². The monoisotopic (exact) mass is 505 g/mol. The third-order valence-corrected chi connectivity index (χ3v) is 6.60. The van der Waals surface area contributed by atoms with Gasteiger partial charge in [-0.1, -0.05) is 133 Å². The van der Waals surface area contributed by atoms with E-state index in [0.29, 0.717) is 22.9 Å². The zero-order valence-corrected chi connectivity index (χ0v) is 21.0. The Balaban J connectivity index is 1.41. The summed E-state index contributed by atoms with van der Waals surface area (Å²) in [5.41, 5.74) is 7.43. The van der Waals surface area contributed by atoms with E-state index < -0.39 is 7.12 Å². The molecule has 6 heteroatoms. The van der Waals surface area contributed by atoms with Gasteiger partial charge in [-0.25, -0.2) is 15.0 Å². The van der Waals surface area contributed by atoms with E-state index in [0.717, 1.165) is 38.9 Å². The maximum Gasteiger partial charge on any atom is 0.488 e. The third-order valence-electron chi connectivity index (χ3n) is 6.60. The minimum absolute atomic E-state index is 0.404. The minimum Gasteiger partial charge on any atom is -0.423 e. The van der Waals surface area contributed by atoms with Crippen molar-refractivity contribution in [2.24, 2.45) is 0 Å². The molecule has 0 bridgehead atoms. The topological polar surface area (TPSA) is 79.1 Å². The SMILES string of the molecule is OB(O)c1ccc(-c2nc(-c3ccc(-c4ccccc4)cc3)nc(-c3ccc(-c4ccccc4)cc3)n2)cc1. The highest BCUT2D eigenvalue weighted by Gasteiger charge is 2.15. The molecule has 5 nitrogen and oxygen atoms in total. The first-order chi connectivity index (χ1) is 19.1. The van der Waals surface area contributed by atoms with E-state index in [4.69, 9.17) is 15.0 Å². The lowest BCUT2D eigenvalue weighted by atomic mass is 9.80. The first-order valence-corrected chi connectivity index (χ1v) is 12.7. The Hall–Kier alpha value is -4.91. The zero-order valence-electron chi connectivity index (χ0n) is 21.0. The highest BCUT2D eigenvalue weighted by Crippen LogP contribution is 2.28. The summed E-state index contributed by atoms with van der Waals surface area (Å²) in [7, 11) is -1.53. The molecule has 0 fully saturated rings. The second kappa shape index (κ2) is 10.8. The van der Waals surface area contributed by atoms with Gasteiger partial charge in [-0.15, -0.1) is 0 Å². The third kappa shape index (κ3) is 5.38. The zero-order chi connectivity index (χ0) is 26.6. The van der Waals surface area contributed by atoms with Crippen molar-refractivity contribution >= 4 is 12.6 Å². The Bertz CT molecular complexity index is 1590.